The predicted molar refractivity (Wildman–Crippen MR) is 23.3 cm³/mol. The largest absolute Gasteiger partial charge is 0.299 e. The zero-order valence-corrected chi connectivity index (χ0v) is 3.22. The van der Waals surface area contributed by atoms with Crippen LogP contribution in [0.5, 0.6) is 0 Å². The molecule has 0 atom stereocenters. The second kappa shape index (κ2) is 1.09. The average molecular weight is 80.1 g/mol. The first-order valence-corrected chi connectivity index (χ1v) is 1.77. The molecule has 0 aromatic rings. The van der Waals surface area contributed by atoms with Gasteiger partial charge in [0.15, 0.2) is 0 Å². The van der Waals surface area contributed by atoms with Gasteiger partial charge in [-0.1, -0.05) is 12.2 Å². The molecule has 0 bridgehead atoms. The van der Waals surface area contributed by atoms with Crippen molar-refractivity contribution in [3.63, 3.8) is 0 Å². The first-order valence-electron chi connectivity index (χ1n) is 1.77. The van der Waals surface area contributed by atoms with Gasteiger partial charge in [-0.15, -0.1) is 0 Å². The van der Waals surface area contributed by atoms with Crippen LogP contribution in [0, 0.1) is 0 Å². The zero-order chi connectivity index (χ0) is 4.41. The molecule has 1 rings (SSSR count). The van der Waals surface area contributed by atoms with E-state index in [-0.39, 0.29) is 0 Å². The minimum Gasteiger partial charge on any atom is -0.299 e. The summed E-state index contributed by atoms with van der Waals surface area (Å²) >= 11 is 0. The van der Waals surface area contributed by atoms with Gasteiger partial charge >= 0.3 is 0 Å². The molecule has 0 aromatic heterocycles. The summed E-state index contributed by atoms with van der Waals surface area (Å²) in [6.45, 7) is 0. The molecule has 0 saturated carbocycles. The molecule has 0 aliphatic heterocycles. The lowest BCUT2D eigenvalue weighted by Crippen LogP contribution is -1.54. The van der Waals surface area contributed by atoms with Crippen molar-refractivity contribution in [1.29, 1.82) is 0 Å². The number of rotatable bonds is 1. The molecule has 0 fully saturated rings. The summed E-state index contributed by atoms with van der Waals surface area (Å²) in [7, 11) is 0. The van der Waals surface area contributed by atoms with Crippen LogP contribution < -0.4 is 0 Å². The molecule has 0 unspecified atom stereocenters. The molecule has 6 heavy (non-hydrogen) atoms. The van der Waals surface area contributed by atoms with Crippen molar-refractivity contribution in [1.82, 2.24) is 0 Å². The Morgan fingerprint density at radius 2 is 2.17 bits per heavy atom. The maximum Gasteiger partial charge on any atom is 0.143 e. The lowest BCUT2D eigenvalue weighted by Gasteiger charge is -1.56. The Bertz CT molecular complexity index is 112. The van der Waals surface area contributed by atoms with Crippen LogP contribution in [0.15, 0.2) is 23.8 Å². The van der Waals surface area contributed by atoms with Gasteiger partial charge in [-0.25, -0.2) is 0 Å². The molecule has 0 amide bonds. The van der Waals surface area contributed by atoms with Gasteiger partial charge in [0.25, 0.3) is 0 Å². The molecule has 0 spiro atoms. The van der Waals surface area contributed by atoms with Crippen LogP contribution in [0.1, 0.15) is 0 Å². The van der Waals surface area contributed by atoms with E-state index in [0.29, 0.717) is 0 Å². The third-order valence-electron chi connectivity index (χ3n) is 0.620. The van der Waals surface area contributed by atoms with Gasteiger partial charge in [-0.3, -0.25) is 4.79 Å². The van der Waals surface area contributed by atoms with Gasteiger partial charge in [-0.05, 0) is 11.6 Å². The first kappa shape index (κ1) is 3.34. The highest BCUT2D eigenvalue weighted by Crippen LogP contribution is 2.10. The Hall–Kier alpha value is -0.850. The summed E-state index contributed by atoms with van der Waals surface area (Å²) in [6.07, 6.45) is 6.08. The molecule has 30 valence electrons. The second-order valence-electron chi connectivity index (χ2n) is 1.14. The Labute approximate surface area is 36.0 Å². The van der Waals surface area contributed by atoms with Crippen LogP contribution in [0.2, 0.25) is 0 Å². The fraction of sp³-hybridized carbons (Fsp3) is 0. The van der Waals surface area contributed by atoms with Crippen LogP contribution in [-0.2, 0) is 4.79 Å². The van der Waals surface area contributed by atoms with E-state index >= 15 is 0 Å². The minimum atomic E-state index is 0.787. The maximum absolute atomic E-state index is 9.54. The summed E-state index contributed by atoms with van der Waals surface area (Å²) < 4.78 is 0. The number of hydrogen-bond donors (Lipinski definition) is 0. The third-order valence-corrected chi connectivity index (χ3v) is 0.620. The van der Waals surface area contributed by atoms with Crippen molar-refractivity contribution in [2.24, 2.45) is 0 Å². The van der Waals surface area contributed by atoms with E-state index in [0.717, 1.165) is 11.9 Å². The number of aldehydes is 1. The van der Waals surface area contributed by atoms with Gasteiger partial charge in [0.2, 0.25) is 0 Å². The van der Waals surface area contributed by atoms with Crippen molar-refractivity contribution < 1.29 is 4.79 Å². The Morgan fingerprint density at radius 1 is 1.50 bits per heavy atom. The van der Waals surface area contributed by atoms with E-state index in [1.54, 1.807) is 0 Å². The number of carbonyl (C=O) groups excluding carboxylic acids is 1. The average Bonchev–Trinajstić information content (AvgIpc) is 2.21. The monoisotopic (exact) mass is 80.0 g/mol. The molecule has 0 heterocycles. The van der Waals surface area contributed by atoms with Gasteiger partial charge < -0.3 is 0 Å². The first-order chi connectivity index (χ1) is 2.93. The minimum absolute atomic E-state index is 0.787. The van der Waals surface area contributed by atoms with Crippen LogP contribution in [0.25, 0.3) is 0 Å². The predicted octanol–water partition coefficient (Wildman–Crippen LogP) is 0.681. The van der Waals surface area contributed by atoms with E-state index < -0.39 is 0 Å². The van der Waals surface area contributed by atoms with Crippen LogP contribution in [0.4, 0.5) is 0 Å². The van der Waals surface area contributed by atoms with E-state index in [4.69, 9.17) is 0 Å². The molecule has 0 radical (unpaired) electrons. The van der Waals surface area contributed by atoms with Gasteiger partial charge in [0.1, 0.15) is 6.29 Å². The number of hydrogen-bond acceptors (Lipinski definition) is 1. The highest BCUT2D eigenvalue weighted by Gasteiger charge is 1.93. The quantitative estimate of drug-likeness (QED) is 0.334. The van der Waals surface area contributed by atoms with E-state index in [1.807, 2.05) is 12.2 Å². The van der Waals surface area contributed by atoms with Crippen molar-refractivity contribution >= 4 is 6.29 Å². The summed E-state index contributed by atoms with van der Waals surface area (Å²) in [4.78, 5) is 9.54. The van der Waals surface area contributed by atoms with E-state index in [2.05, 4.69) is 0 Å². The summed E-state index contributed by atoms with van der Waals surface area (Å²) in [6, 6.07) is 0. The van der Waals surface area contributed by atoms with Crippen molar-refractivity contribution in [2.45, 2.75) is 0 Å². The Balaban J connectivity index is 2.46. The van der Waals surface area contributed by atoms with E-state index in [1.165, 1.54) is 6.08 Å². The zero-order valence-electron chi connectivity index (χ0n) is 3.22. The Kier molecular flexibility index (Phi) is 0.607. The summed E-state index contributed by atoms with van der Waals surface area (Å²) in [5.41, 5.74) is 1.05. The summed E-state index contributed by atoms with van der Waals surface area (Å²) in [5.74, 6) is 0. The molecule has 1 heteroatoms. The molecule has 1 aliphatic carbocycles. The molecule has 0 saturated heterocycles. The fourth-order valence-electron chi connectivity index (χ4n) is 0.238. The Morgan fingerprint density at radius 3 is 2.33 bits per heavy atom. The molecular weight excluding hydrogens is 76.1 g/mol. The number of carbonyl (C=O) groups is 1. The fourth-order valence-corrected chi connectivity index (χ4v) is 0.238. The lowest BCUT2D eigenvalue weighted by molar-refractivity contribution is -0.104. The topological polar surface area (TPSA) is 17.1 Å². The van der Waals surface area contributed by atoms with Crippen molar-refractivity contribution in [2.75, 3.05) is 0 Å². The van der Waals surface area contributed by atoms with Crippen molar-refractivity contribution in [3.05, 3.63) is 23.8 Å². The smallest absolute Gasteiger partial charge is 0.143 e. The maximum atomic E-state index is 9.54. The highest BCUT2D eigenvalue weighted by molar-refractivity contribution is 5.71. The molecule has 0 aromatic carbocycles. The van der Waals surface area contributed by atoms with Gasteiger partial charge in [0, 0.05) is 0 Å². The molecule has 1 aliphatic rings. The number of allylic oxidation sites excluding steroid dienone is 4. The van der Waals surface area contributed by atoms with E-state index in [9.17, 15) is 4.79 Å². The van der Waals surface area contributed by atoms with Gasteiger partial charge in [-0.2, -0.15) is 0 Å². The lowest BCUT2D eigenvalue weighted by atomic mass is 10.5. The highest BCUT2D eigenvalue weighted by atomic mass is 16.1. The molecule has 1 nitrogen and oxygen atoms in total. The third kappa shape index (κ3) is 0.549. The van der Waals surface area contributed by atoms with Crippen LogP contribution >= 0.6 is 0 Å². The van der Waals surface area contributed by atoms with Gasteiger partial charge in [0.05, 0.1) is 0 Å². The van der Waals surface area contributed by atoms with Crippen molar-refractivity contribution in [3.8, 4) is 0 Å². The molecular formula is C5H4O. The summed E-state index contributed by atoms with van der Waals surface area (Å²) in [5, 5.41) is 0. The standard InChI is InChI=1S/C5H4O/c6-4-3-5-1-2-5/h1-4H. The molecule has 0 N–H and O–H groups in total. The second-order valence-corrected chi connectivity index (χ2v) is 1.14. The SMILES string of the molecule is O=CC=C1C=C1. The van der Waals surface area contributed by atoms with Crippen LogP contribution in [0.3, 0.4) is 0 Å². The van der Waals surface area contributed by atoms with Crippen LogP contribution in [-0.4, -0.2) is 6.29 Å². The normalized spacial score (nSPS) is 14.3.